The van der Waals surface area contributed by atoms with Crippen molar-refractivity contribution in [2.24, 2.45) is 0 Å². The molecule has 1 aromatic heterocycles. The fourth-order valence-electron chi connectivity index (χ4n) is 2.15. The highest BCUT2D eigenvalue weighted by molar-refractivity contribution is 7.93. The van der Waals surface area contributed by atoms with Gasteiger partial charge in [-0.15, -0.1) is 11.3 Å². The Morgan fingerprint density at radius 3 is 2.29 bits per heavy atom. The van der Waals surface area contributed by atoms with E-state index in [4.69, 9.17) is 0 Å². The lowest BCUT2D eigenvalue weighted by Gasteiger charge is -2.18. The topological polar surface area (TPSA) is 92.3 Å². The van der Waals surface area contributed by atoms with Crippen molar-refractivity contribution in [3.63, 3.8) is 0 Å². The molecule has 24 heavy (non-hydrogen) atoms. The lowest BCUT2D eigenvalue weighted by atomic mass is 10.1. The molecule has 1 atom stereocenters. The summed E-state index contributed by atoms with van der Waals surface area (Å²) in [4.78, 5) is 23.3. The van der Waals surface area contributed by atoms with Crippen molar-refractivity contribution in [2.75, 3.05) is 13.1 Å². The molecule has 6 nitrogen and oxygen atoms in total. The second kappa shape index (κ2) is 8.07. The molecule has 2 amide bonds. The van der Waals surface area contributed by atoms with E-state index in [1.54, 1.807) is 48.7 Å². The van der Waals surface area contributed by atoms with Crippen LogP contribution in [-0.2, 0) is 19.4 Å². The summed E-state index contributed by atoms with van der Waals surface area (Å²) in [5, 5.41) is 5.51. The SMILES string of the molecule is CCNC(=O)C(=O)NC[C@@H](c1ccccc1)S(=O)(=O)c1cccs1. The van der Waals surface area contributed by atoms with Crippen molar-refractivity contribution >= 4 is 33.0 Å². The first-order valence-electron chi connectivity index (χ1n) is 7.35. The highest BCUT2D eigenvalue weighted by atomic mass is 32.2. The van der Waals surface area contributed by atoms with Gasteiger partial charge in [-0.3, -0.25) is 9.59 Å². The highest BCUT2D eigenvalue weighted by Gasteiger charge is 2.30. The van der Waals surface area contributed by atoms with Gasteiger partial charge in [-0.25, -0.2) is 8.42 Å². The maximum Gasteiger partial charge on any atom is 0.309 e. The van der Waals surface area contributed by atoms with Crippen LogP contribution < -0.4 is 10.6 Å². The first kappa shape index (κ1) is 18.2. The Kier molecular flexibility index (Phi) is 6.10. The number of nitrogens with one attached hydrogen (secondary N) is 2. The Labute approximate surface area is 144 Å². The fourth-order valence-corrected chi connectivity index (χ4v) is 5.01. The van der Waals surface area contributed by atoms with Crippen LogP contribution in [-0.4, -0.2) is 33.3 Å². The second-order valence-corrected chi connectivity index (χ2v) is 8.25. The summed E-state index contributed by atoms with van der Waals surface area (Å²) in [5.41, 5.74) is 0.557. The molecule has 2 N–H and O–H groups in total. The van der Waals surface area contributed by atoms with Crippen molar-refractivity contribution in [2.45, 2.75) is 16.4 Å². The Morgan fingerprint density at radius 2 is 1.71 bits per heavy atom. The van der Waals surface area contributed by atoms with Gasteiger partial charge in [0.25, 0.3) is 0 Å². The van der Waals surface area contributed by atoms with Crippen molar-refractivity contribution in [1.29, 1.82) is 0 Å². The number of carbonyl (C=O) groups excluding carboxylic acids is 2. The van der Waals surface area contributed by atoms with Crippen LogP contribution in [0.3, 0.4) is 0 Å². The minimum Gasteiger partial charge on any atom is -0.348 e. The van der Waals surface area contributed by atoms with E-state index in [1.807, 2.05) is 0 Å². The molecule has 2 aromatic rings. The van der Waals surface area contributed by atoms with Crippen LogP contribution in [0.5, 0.6) is 0 Å². The normalized spacial score (nSPS) is 12.4. The first-order chi connectivity index (χ1) is 11.5. The predicted molar refractivity (Wildman–Crippen MR) is 92.4 cm³/mol. The number of likely N-dealkylation sites (N-methyl/N-ethyl adjacent to an activating group) is 1. The smallest absolute Gasteiger partial charge is 0.309 e. The summed E-state index contributed by atoms with van der Waals surface area (Å²) in [6.07, 6.45) is 0. The standard InChI is InChI=1S/C16H18N2O4S2/c1-2-17-15(19)16(20)18-11-13(12-7-4-3-5-8-12)24(21,22)14-9-6-10-23-14/h3-10,13H,2,11H2,1H3,(H,17,19)(H,18,20)/t13-/m0/s1. The molecule has 1 heterocycles. The summed E-state index contributed by atoms with van der Waals surface area (Å²) < 4.78 is 25.9. The van der Waals surface area contributed by atoms with Gasteiger partial charge in [-0.2, -0.15) is 0 Å². The molecule has 0 fully saturated rings. The van der Waals surface area contributed by atoms with Crippen LogP contribution in [0.4, 0.5) is 0 Å². The van der Waals surface area contributed by atoms with Crippen molar-refractivity contribution in [3.8, 4) is 0 Å². The maximum absolute atomic E-state index is 12.9. The number of benzene rings is 1. The number of thiophene rings is 1. The van der Waals surface area contributed by atoms with Gasteiger partial charge in [0.1, 0.15) is 9.46 Å². The predicted octanol–water partition coefficient (Wildman–Crippen LogP) is 1.52. The van der Waals surface area contributed by atoms with Crippen LogP contribution in [0.25, 0.3) is 0 Å². The van der Waals surface area contributed by atoms with Gasteiger partial charge in [-0.05, 0) is 23.9 Å². The van der Waals surface area contributed by atoms with E-state index in [-0.39, 0.29) is 10.8 Å². The van der Waals surface area contributed by atoms with Crippen LogP contribution >= 0.6 is 11.3 Å². The molecule has 0 radical (unpaired) electrons. The van der Waals surface area contributed by atoms with Crippen molar-refractivity contribution < 1.29 is 18.0 Å². The minimum atomic E-state index is -3.67. The molecule has 8 heteroatoms. The molecule has 0 unspecified atom stereocenters. The maximum atomic E-state index is 12.9. The fraction of sp³-hybridized carbons (Fsp3) is 0.250. The molecule has 0 aliphatic heterocycles. The molecular formula is C16H18N2O4S2. The Bertz CT molecular complexity index is 787. The molecule has 0 saturated heterocycles. The molecule has 0 bridgehead atoms. The zero-order valence-corrected chi connectivity index (χ0v) is 14.7. The molecule has 2 rings (SSSR count). The van der Waals surface area contributed by atoms with Gasteiger partial charge in [0.2, 0.25) is 0 Å². The van der Waals surface area contributed by atoms with Gasteiger partial charge in [0.15, 0.2) is 9.84 Å². The Balaban J connectivity index is 2.25. The molecule has 0 aliphatic carbocycles. The van der Waals surface area contributed by atoms with E-state index < -0.39 is 26.9 Å². The number of amides is 2. The summed E-state index contributed by atoms with van der Waals surface area (Å²) in [5.74, 6) is -1.63. The molecule has 1 aromatic carbocycles. The minimum absolute atomic E-state index is 0.180. The summed E-state index contributed by atoms with van der Waals surface area (Å²) in [6, 6.07) is 11.8. The molecule has 128 valence electrons. The number of carbonyl (C=O) groups is 2. The van der Waals surface area contributed by atoms with Gasteiger partial charge < -0.3 is 10.6 Å². The van der Waals surface area contributed by atoms with E-state index >= 15 is 0 Å². The van der Waals surface area contributed by atoms with Crippen LogP contribution in [0.15, 0.2) is 52.1 Å². The summed E-state index contributed by atoms with van der Waals surface area (Å²) in [6.45, 7) is 1.83. The van der Waals surface area contributed by atoms with Crippen molar-refractivity contribution in [1.82, 2.24) is 10.6 Å². The summed E-state index contributed by atoms with van der Waals surface area (Å²) in [7, 11) is -3.67. The summed E-state index contributed by atoms with van der Waals surface area (Å²) >= 11 is 1.12. The monoisotopic (exact) mass is 366 g/mol. The second-order valence-electron chi connectivity index (χ2n) is 4.95. The first-order valence-corrected chi connectivity index (χ1v) is 9.77. The van der Waals surface area contributed by atoms with Gasteiger partial charge in [0, 0.05) is 13.1 Å². The largest absolute Gasteiger partial charge is 0.348 e. The highest BCUT2D eigenvalue weighted by Crippen LogP contribution is 2.30. The van der Waals surface area contributed by atoms with Gasteiger partial charge >= 0.3 is 11.8 Å². The molecular weight excluding hydrogens is 348 g/mol. The third-order valence-corrected chi connectivity index (χ3v) is 6.85. The van der Waals surface area contributed by atoms with Crippen LogP contribution in [0.2, 0.25) is 0 Å². The van der Waals surface area contributed by atoms with Gasteiger partial charge in [-0.1, -0.05) is 36.4 Å². The van der Waals surface area contributed by atoms with Gasteiger partial charge in [0.05, 0.1) is 0 Å². The quantitative estimate of drug-likeness (QED) is 0.758. The number of rotatable bonds is 6. The average Bonchev–Trinajstić information content (AvgIpc) is 3.11. The van der Waals surface area contributed by atoms with E-state index in [0.717, 1.165) is 11.3 Å². The van der Waals surface area contributed by atoms with E-state index in [0.29, 0.717) is 12.1 Å². The molecule has 0 saturated carbocycles. The lowest BCUT2D eigenvalue weighted by molar-refractivity contribution is -0.139. The molecule has 0 spiro atoms. The van der Waals surface area contributed by atoms with E-state index in [2.05, 4.69) is 10.6 Å². The number of hydrogen-bond acceptors (Lipinski definition) is 5. The third kappa shape index (κ3) is 4.21. The zero-order valence-electron chi connectivity index (χ0n) is 13.1. The Hall–Kier alpha value is -2.19. The Morgan fingerprint density at radius 1 is 1.04 bits per heavy atom. The van der Waals surface area contributed by atoms with Crippen LogP contribution in [0, 0.1) is 0 Å². The van der Waals surface area contributed by atoms with Crippen LogP contribution in [0.1, 0.15) is 17.7 Å². The van der Waals surface area contributed by atoms with Crippen molar-refractivity contribution in [3.05, 3.63) is 53.4 Å². The average molecular weight is 366 g/mol. The lowest BCUT2D eigenvalue weighted by Crippen LogP contribution is -2.42. The number of hydrogen-bond donors (Lipinski definition) is 2. The number of sulfone groups is 1. The van der Waals surface area contributed by atoms with E-state index in [9.17, 15) is 18.0 Å². The molecule has 0 aliphatic rings. The third-order valence-electron chi connectivity index (χ3n) is 3.31. The zero-order chi connectivity index (χ0) is 17.6. The van der Waals surface area contributed by atoms with E-state index in [1.165, 1.54) is 6.07 Å².